The highest BCUT2D eigenvalue weighted by Crippen LogP contribution is 2.29. The van der Waals surface area contributed by atoms with E-state index in [0.717, 1.165) is 29.1 Å². The Bertz CT molecular complexity index is 872. The number of hydrogen-bond acceptors (Lipinski definition) is 6. The van der Waals surface area contributed by atoms with Crippen LogP contribution in [0.3, 0.4) is 0 Å². The molecule has 9 heteroatoms. The molecule has 2 aromatic carbocycles. The molecule has 0 saturated carbocycles. The number of nitro benzene ring substituents is 1. The van der Waals surface area contributed by atoms with Gasteiger partial charge in [-0.2, -0.15) is 0 Å². The van der Waals surface area contributed by atoms with Crippen molar-refractivity contribution in [1.29, 1.82) is 0 Å². The van der Waals surface area contributed by atoms with E-state index >= 15 is 0 Å². The van der Waals surface area contributed by atoms with Gasteiger partial charge < -0.3 is 15.8 Å². The molecule has 8 nitrogen and oxygen atoms in total. The lowest BCUT2D eigenvalue weighted by Crippen LogP contribution is -2.27. The van der Waals surface area contributed by atoms with Gasteiger partial charge in [0.15, 0.2) is 0 Å². The number of rotatable bonds is 10. The normalized spacial score (nSPS) is 10.3. The fraction of sp³-hybridized carbons (Fsp3) is 0.263. The molecule has 0 aliphatic carbocycles. The van der Waals surface area contributed by atoms with Gasteiger partial charge in [0.25, 0.3) is 5.69 Å². The van der Waals surface area contributed by atoms with Gasteiger partial charge in [0.05, 0.1) is 22.2 Å². The van der Waals surface area contributed by atoms with Gasteiger partial charge in [0.2, 0.25) is 11.8 Å². The van der Waals surface area contributed by atoms with Crippen LogP contribution in [0.25, 0.3) is 0 Å². The van der Waals surface area contributed by atoms with E-state index in [1.807, 2.05) is 31.2 Å². The lowest BCUT2D eigenvalue weighted by Gasteiger charge is -2.08. The van der Waals surface area contributed by atoms with Crippen molar-refractivity contribution in [2.45, 2.75) is 18.2 Å². The Morgan fingerprint density at radius 1 is 1.25 bits per heavy atom. The number of aryl methyl sites for hydroxylation is 1. The molecule has 0 bridgehead atoms. The van der Waals surface area contributed by atoms with Crippen molar-refractivity contribution in [3.63, 3.8) is 0 Å². The van der Waals surface area contributed by atoms with Crippen molar-refractivity contribution in [2.24, 2.45) is 5.73 Å². The fourth-order valence-corrected chi connectivity index (χ4v) is 3.16. The number of hydrogen-bond donors (Lipinski definition) is 2. The summed E-state index contributed by atoms with van der Waals surface area (Å²) in [6, 6.07) is 11.6. The summed E-state index contributed by atoms with van der Waals surface area (Å²) in [5.41, 5.74) is 6.05. The van der Waals surface area contributed by atoms with Crippen LogP contribution < -0.4 is 15.8 Å². The van der Waals surface area contributed by atoms with Crippen LogP contribution in [0.15, 0.2) is 47.4 Å². The van der Waals surface area contributed by atoms with Crippen molar-refractivity contribution in [2.75, 3.05) is 18.9 Å². The van der Waals surface area contributed by atoms with Crippen LogP contribution in [0, 0.1) is 17.0 Å². The van der Waals surface area contributed by atoms with Crippen molar-refractivity contribution in [1.82, 2.24) is 5.32 Å². The molecule has 0 radical (unpaired) electrons. The molecule has 3 N–H and O–H groups in total. The zero-order valence-electron chi connectivity index (χ0n) is 15.3. The summed E-state index contributed by atoms with van der Waals surface area (Å²) in [5, 5.41) is 13.9. The molecule has 0 spiro atoms. The highest BCUT2D eigenvalue weighted by Gasteiger charge is 2.17. The third-order valence-corrected chi connectivity index (χ3v) is 4.76. The van der Waals surface area contributed by atoms with Gasteiger partial charge in [-0.15, -0.1) is 11.8 Å². The number of amides is 2. The van der Waals surface area contributed by atoms with E-state index in [4.69, 9.17) is 10.5 Å². The molecule has 2 aromatic rings. The zero-order chi connectivity index (χ0) is 20.5. The second-order valence-electron chi connectivity index (χ2n) is 5.96. The predicted octanol–water partition coefficient (Wildman–Crippen LogP) is 2.68. The third-order valence-electron chi connectivity index (χ3n) is 3.70. The van der Waals surface area contributed by atoms with Gasteiger partial charge in [0, 0.05) is 18.2 Å². The number of carbonyl (C=O) groups is 2. The Hall–Kier alpha value is -3.07. The molecule has 2 amide bonds. The molecule has 2 rings (SSSR count). The van der Waals surface area contributed by atoms with E-state index in [-0.39, 0.29) is 22.9 Å². The van der Waals surface area contributed by atoms with Gasteiger partial charge >= 0.3 is 0 Å². The van der Waals surface area contributed by atoms with Crippen molar-refractivity contribution < 1.29 is 19.2 Å². The summed E-state index contributed by atoms with van der Waals surface area (Å²) in [4.78, 5) is 33.9. The van der Waals surface area contributed by atoms with Crippen molar-refractivity contribution in [3.8, 4) is 5.75 Å². The standard InChI is InChI=1S/C19H21N3O5S/c1-13-4-2-5-15(10-13)27-9-3-8-21-18(23)12-28-17-7-6-14(19(20)24)11-16(17)22(25)26/h2,4-7,10-11H,3,8-9,12H2,1H3,(H2,20,24)(H,21,23). The first-order valence-electron chi connectivity index (χ1n) is 8.54. The van der Waals surface area contributed by atoms with Crippen LogP contribution in [-0.4, -0.2) is 35.6 Å². The summed E-state index contributed by atoms with van der Waals surface area (Å²) in [6.07, 6.45) is 0.637. The minimum atomic E-state index is -0.745. The number of thioether (sulfide) groups is 1. The Morgan fingerprint density at radius 3 is 2.71 bits per heavy atom. The first-order chi connectivity index (χ1) is 13.4. The maximum atomic E-state index is 11.9. The SMILES string of the molecule is Cc1cccc(OCCCNC(=O)CSc2ccc(C(N)=O)cc2[N+](=O)[O-])c1. The summed E-state index contributed by atoms with van der Waals surface area (Å²) in [5.74, 6) is -0.178. The summed E-state index contributed by atoms with van der Waals surface area (Å²) in [7, 11) is 0. The van der Waals surface area contributed by atoms with E-state index in [0.29, 0.717) is 24.5 Å². The van der Waals surface area contributed by atoms with Crippen LogP contribution in [0.5, 0.6) is 5.75 Å². The topological polar surface area (TPSA) is 125 Å². The fourth-order valence-electron chi connectivity index (χ4n) is 2.32. The molecule has 0 aromatic heterocycles. The number of ether oxygens (including phenoxy) is 1. The lowest BCUT2D eigenvalue weighted by molar-refractivity contribution is -0.387. The summed E-state index contributed by atoms with van der Waals surface area (Å²) < 4.78 is 5.60. The number of carbonyl (C=O) groups excluding carboxylic acids is 2. The van der Waals surface area contributed by atoms with E-state index < -0.39 is 10.8 Å². The summed E-state index contributed by atoms with van der Waals surface area (Å²) in [6.45, 7) is 2.89. The van der Waals surface area contributed by atoms with Gasteiger partial charge in [-0.05, 0) is 43.2 Å². The van der Waals surface area contributed by atoms with Crippen molar-refractivity contribution in [3.05, 3.63) is 63.7 Å². The lowest BCUT2D eigenvalue weighted by atomic mass is 10.2. The largest absolute Gasteiger partial charge is 0.494 e. The molecule has 0 saturated heterocycles. The van der Waals surface area contributed by atoms with E-state index in [1.54, 1.807) is 0 Å². The van der Waals surface area contributed by atoms with Crippen LogP contribution in [0.1, 0.15) is 22.3 Å². The molecule has 0 heterocycles. The quantitative estimate of drug-likeness (QED) is 0.272. The molecule has 0 aliphatic heterocycles. The average Bonchev–Trinajstić information content (AvgIpc) is 2.65. The Labute approximate surface area is 166 Å². The number of nitrogens with two attached hydrogens (primary N) is 1. The number of nitrogens with one attached hydrogen (secondary N) is 1. The first kappa shape index (κ1) is 21.2. The number of nitrogens with zero attached hydrogens (tertiary/aromatic N) is 1. The van der Waals surface area contributed by atoms with Crippen molar-refractivity contribution >= 4 is 29.3 Å². The second kappa shape index (κ2) is 10.3. The van der Waals surface area contributed by atoms with Gasteiger partial charge in [-0.25, -0.2) is 0 Å². The van der Waals surface area contributed by atoms with E-state index in [1.165, 1.54) is 12.1 Å². The monoisotopic (exact) mass is 403 g/mol. The molecule has 0 atom stereocenters. The molecule has 28 heavy (non-hydrogen) atoms. The highest BCUT2D eigenvalue weighted by atomic mass is 32.2. The molecule has 148 valence electrons. The highest BCUT2D eigenvalue weighted by molar-refractivity contribution is 8.00. The van der Waals surface area contributed by atoms with Gasteiger partial charge in [-0.1, -0.05) is 12.1 Å². The smallest absolute Gasteiger partial charge is 0.283 e. The Kier molecular flexibility index (Phi) is 7.82. The van der Waals surface area contributed by atoms with Crippen LogP contribution in [0.4, 0.5) is 5.69 Å². The third kappa shape index (κ3) is 6.58. The second-order valence-corrected chi connectivity index (χ2v) is 6.98. The molecular weight excluding hydrogens is 382 g/mol. The average molecular weight is 403 g/mol. The van der Waals surface area contributed by atoms with E-state index in [9.17, 15) is 19.7 Å². The zero-order valence-corrected chi connectivity index (χ0v) is 16.2. The number of nitro groups is 1. The minimum absolute atomic E-state index is 0.0233. The Balaban J connectivity index is 1.75. The molecule has 0 aliphatic rings. The van der Waals surface area contributed by atoms with Crippen LogP contribution in [0.2, 0.25) is 0 Å². The number of primary amides is 1. The summed E-state index contributed by atoms with van der Waals surface area (Å²) >= 11 is 1.03. The first-order valence-corrected chi connectivity index (χ1v) is 9.52. The Morgan fingerprint density at radius 2 is 2.04 bits per heavy atom. The maximum absolute atomic E-state index is 11.9. The van der Waals surface area contributed by atoms with Crippen LogP contribution >= 0.6 is 11.8 Å². The van der Waals surface area contributed by atoms with Gasteiger partial charge in [-0.3, -0.25) is 19.7 Å². The van der Waals surface area contributed by atoms with E-state index in [2.05, 4.69) is 5.32 Å². The van der Waals surface area contributed by atoms with Crippen LogP contribution in [-0.2, 0) is 4.79 Å². The minimum Gasteiger partial charge on any atom is -0.494 e. The molecule has 0 fully saturated rings. The number of benzene rings is 2. The maximum Gasteiger partial charge on any atom is 0.283 e. The van der Waals surface area contributed by atoms with Gasteiger partial charge in [0.1, 0.15) is 5.75 Å². The molecular formula is C19H21N3O5S. The predicted molar refractivity (Wildman–Crippen MR) is 107 cm³/mol. The molecule has 0 unspecified atom stereocenters.